The topological polar surface area (TPSA) is 55.2 Å². The molecule has 2 heterocycles. The second-order valence-corrected chi connectivity index (χ2v) is 7.24. The molecule has 2 unspecified atom stereocenters. The summed E-state index contributed by atoms with van der Waals surface area (Å²) in [6.07, 6.45) is 14.5. The number of carbonyl (C=O) groups excluding carboxylic acids is 2. The molecule has 0 aliphatic carbocycles. The van der Waals surface area contributed by atoms with Crippen LogP contribution in [0.2, 0.25) is 0 Å². The van der Waals surface area contributed by atoms with Crippen molar-refractivity contribution < 1.29 is 9.59 Å². The number of aromatic nitrogens is 2. The Labute approximate surface area is 151 Å². The number of likely N-dealkylation sites (tertiary alicyclic amines) is 1. The monoisotopic (exact) mass is 345 g/mol. The fourth-order valence-corrected chi connectivity index (χ4v) is 3.39. The molecule has 0 saturated carbocycles. The normalized spacial score (nSPS) is 21.2. The highest BCUT2D eigenvalue weighted by atomic mass is 16.2. The number of amides is 1. The molecule has 0 radical (unpaired) electrons. The zero-order valence-electron chi connectivity index (χ0n) is 15.7. The van der Waals surface area contributed by atoms with Crippen LogP contribution in [0.5, 0.6) is 0 Å². The van der Waals surface area contributed by atoms with Crippen molar-refractivity contribution in [1.29, 1.82) is 0 Å². The first-order valence-electron chi connectivity index (χ1n) is 9.53. The van der Waals surface area contributed by atoms with E-state index >= 15 is 0 Å². The number of ketones is 1. The summed E-state index contributed by atoms with van der Waals surface area (Å²) in [7, 11) is 0. The van der Waals surface area contributed by atoms with E-state index in [0.29, 0.717) is 12.5 Å². The van der Waals surface area contributed by atoms with Crippen LogP contribution in [0, 0.1) is 11.8 Å². The Kier molecular flexibility index (Phi) is 7.41. The lowest BCUT2D eigenvalue weighted by molar-refractivity contribution is -0.141. The molecular weight excluding hydrogens is 314 g/mol. The van der Waals surface area contributed by atoms with Gasteiger partial charge in [0.1, 0.15) is 0 Å². The van der Waals surface area contributed by atoms with Crippen molar-refractivity contribution in [3.63, 3.8) is 0 Å². The van der Waals surface area contributed by atoms with Gasteiger partial charge >= 0.3 is 0 Å². The van der Waals surface area contributed by atoms with Crippen molar-refractivity contribution in [2.24, 2.45) is 11.8 Å². The summed E-state index contributed by atoms with van der Waals surface area (Å²) in [4.78, 5) is 30.9. The van der Waals surface area contributed by atoms with Gasteiger partial charge in [0.05, 0.1) is 18.3 Å². The summed E-state index contributed by atoms with van der Waals surface area (Å²) in [6, 6.07) is -0.0814. The largest absolute Gasteiger partial charge is 0.337 e. The number of aryl methyl sites for hydroxylation is 1. The van der Waals surface area contributed by atoms with E-state index in [1.54, 1.807) is 17.4 Å². The van der Waals surface area contributed by atoms with E-state index < -0.39 is 0 Å². The van der Waals surface area contributed by atoms with Crippen LogP contribution in [0.1, 0.15) is 52.9 Å². The number of nitrogens with zero attached hydrogens (tertiary/aromatic N) is 3. The highest BCUT2D eigenvalue weighted by Crippen LogP contribution is 2.29. The van der Waals surface area contributed by atoms with E-state index in [0.717, 1.165) is 38.6 Å². The Morgan fingerprint density at radius 3 is 2.64 bits per heavy atom. The first-order chi connectivity index (χ1) is 12.0. The van der Waals surface area contributed by atoms with Crippen molar-refractivity contribution in [2.75, 3.05) is 6.54 Å². The molecule has 1 aromatic rings. The van der Waals surface area contributed by atoms with Gasteiger partial charge in [-0.2, -0.15) is 0 Å². The highest BCUT2D eigenvalue weighted by Gasteiger charge is 2.44. The molecule has 0 spiro atoms. The molecule has 0 aromatic carbocycles. The molecule has 1 amide bonds. The van der Waals surface area contributed by atoms with Gasteiger partial charge < -0.3 is 9.47 Å². The van der Waals surface area contributed by atoms with Gasteiger partial charge in [0.15, 0.2) is 0 Å². The second kappa shape index (κ2) is 9.54. The molecule has 0 bridgehead atoms. The zero-order valence-corrected chi connectivity index (χ0v) is 15.7. The van der Waals surface area contributed by atoms with Gasteiger partial charge in [-0.05, 0) is 18.8 Å². The van der Waals surface area contributed by atoms with E-state index in [9.17, 15) is 9.59 Å². The van der Waals surface area contributed by atoms with Crippen molar-refractivity contribution in [1.82, 2.24) is 14.5 Å². The van der Waals surface area contributed by atoms with E-state index in [-0.39, 0.29) is 23.7 Å². The van der Waals surface area contributed by atoms with Crippen LogP contribution in [0.25, 0.3) is 0 Å². The van der Waals surface area contributed by atoms with E-state index in [1.807, 2.05) is 10.8 Å². The van der Waals surface area contributed by atoms with Crippen LogP contribution in [0.4, 0.5) is 0 Å². The molecule has 138 valence electrons. The lowest BCUT2D eigenvalue weighted by atomic mass is 9.92. The first-order valence-corrected chi connectivity index (χ1v) is 9.53. The molecule has 1 saturated heterocycles. The van der Waals surface area contributed by atoms with Crippen molar-refractivity contribution in [2.45, 2.75) is 65.5 Å². The number of hydrogen-bond acceptors (Lipinski definition) is 3. The lowest BCUT2D eigenvalue weighted by Crippen LogP contribution is -2.35. The fourth-order valence-electron chi connectivity index (χ4n) is 3.39. The molecule has 1 aliphatic rings. The minimum absolute atomic E-state index is 0.0814. The molecule has 25 heavy (non-hydrogen) atoms. The summed E-state index contributed by atoms with van der Waals surface area (Å²) >= 11 is 0. The molecule has 0 N–H and O–H groups in total. The van der Waals surface area contributed by atoms with Crippen LogP contribution < -0.4 is 0 Å². The lowest BCUT2D eigenvalue weighted by Gasteiger charge is -2.25. The highest BCUT2D eigenvalue weighted by molar-refractivity contribution is 6.39. The summed E-state index contributed by atoms with van der Waals surface area (Å²) in [5.41, 5.74) is 0. The maximum Gasteiger partial charge on any atom is 0.290 e. The first kappa shape index (κ1) is 19.4. The zero-order chi connectivity index (χ0) is 18.2. The van der Waals surface area contributed by atoms with Crippen molar-refractivity contribution >= 4 is 11.7 Å². The number of imidazole rings is 1. The second-order valence-electron chi connectivity index (χ2n) is 7.24. The fraction of sp³-hybridized carbons (Fsp3) is 0.650. The van der Waals surface area contributed by atoms with Gasteiger partial charge in [0, 0.05) is 25.5 Å². The smallest absolute Gasteiger partial charge is 0.290 e. The Hall–Kier alpha value is -1.91. The van der Waals surface area contributed by atoms with Crippen LogP contribution >= 0.6 is 0 Å². The summed E-state index contributed by atoms with van der Waals surface area (Å²) < 4.78 is 2.00. The predicted octanol–water partition coefficient (Wildman–Crippen LogP) is 3.46. The third kappa shape index (κ3) is 5.28. The standard InChI is InChI=1S/C20H31N3O2/c1-4-5-6-8-17-18(10-9-16(2)3)23(20(25)19(17)24)13-7-12-22-14-11-21-15-22/h9-11,14-18H,4-8,12-13H2,1-3H3. The third-order valence-corrected chi connectivity index (χ3v) is 4.77. The van der Waals surface area contributed by atoms with Gasteiger partial charge in [-0.1, -0.05) is 52.2 Å². The minimum atomic E-state index is -0.300. The molecule has 2 rings (SSSR count). The number of Topliss-reactive ketones (excluding diaryl/α,β-unsaturated/α-hetero) is 1. The van der Waals surface area contributed by atoms with E-state index in [4.69, 9.17) is 0 Å². The Morgan fingerprint density at radius 2 is 2.00 bits per heavy atom. The minimum Gasteiger partial charge on any atom is -0.337 e. The van der Waals surface area contributed by atoms with Gasteiger partial charge in [0.25, 0.3) is 5.91 Å². The van der Waals surface area contributed by atoms with Crippen LogP contribution in [0.3, 0.4) is 0 Å². The molecule has 1 aliphatic heterocycles. The SMILES string of the molecule is CCCCCC1C(=O)C(=O)N(CCCn2ccnc2)C1C=CC(C)C. The summed E-state index contributed by atoms with van der Waals surface area (Å²) in [5.74, 6) is -0.264. The van der Waals surface area contributed by atoms with Gasteiger partial charge in [-0.25, -0.2) is 4.98 Å². The number of rotatable bonds is 10. The van der Waals surface area contributed by atoms with Crippen molar-refractivity contribution in [3.8, 4) is 0 Å². The van der Waals surface area contributed by atoms with Crippen LogP contribution in [0.15, 0.2) is 30.9 Å². The summed E-state index contributed by atoms with van der Waals surface area (Å²) in [5, 5.41) is 0. The van der Waals surface area contributed by atoms with E-state index in [2.05, 4.69) is 37.9 Å². The van der Waals surface area contributed by atoms with Crippen LogP contribution in [-0.4, -0.2) is 38.7 Å². The average molecular weight is 345 g/mol. The Bertz CT molecular complexity index is 578. The Balaban J connectivity index is 2.04. The number of carbonyl (C=O) groups is 2. The molecule has 1 fully saturated rings. The number of allylic oxidation sites excluding steroid dienone is 1. The molecular formula is C20H31N3O2. The molecule has 5 heteroatoms. The van der Waals surface area contributed by atoms with Crippen molar-refractivity contribution in [3.05, 3.63) is 30.9 Å². The summed E-state index contributed by atoms with van der Waals surface area (Å²) in [6.45, 7) is 7.80. The Morgan fingerprint density at radius 1 is 1.20 bits per heavy atom. The quantitative estimate of drug-likeness (QED) is 0.371. The maximum absolute atomic E-state index is 12.5. The molecule has 1 aromatic heterocycles. The third-order valence-electron chi connectivity index (χ3n) is 4.77. The van der Waals surface area contributed by atoms with E-state index in [1.165, 1.54) is 0 Å². The molecule has 2 atom stereocenters. The van der Waals surface area contributed by atoms with Gasteiger partial charge in [-0.3, -0.25) is 9.59 Å². The maximum atomic E-state index is 12.5. The molecule has 5 nitrogen and oxygen atoms in total. The van der Waals surface area contributed by atoms with Gasteiger partial charge in [-0.15, -0.1) is 0 Å². The average Bonchev–Trinajstić information content (AvgIpc) is 3.17. The number of unbranched alkanes of at least 4 members (excludes halogenated alkanes) is 2. The number of hydrogen-bond donors (Lipinski definition) is 0. The predicted molar refractivity (Wildman–Crippen MR) is 99.0 cm³/mol. The van der Waals surface area contributed by atoms with Gasteiger partial charge in [0.2, 0.25) is 5.78 Å². The van der Waals surface area contributed by atoms with Crippen LogP contribution in [-0.2, 0) is 16.1 Å².